The third-order valence-corrected chi connectivity index (χ3v) is 4.42. The zero-order valence-corrected chi connectivity index (χ0v) is 17.2. The van der Waals surface area contributed by atoms with Crippen LogP contribution >= 0.6 is 0 Å². The first kappa shape index (κ1) is 23.5. The predicted octanol–water partition coefficient (Wildman–Crippen LogP) is 0.166. The van der Waals surface area contributed by atoms with Crippen LogP contribution < -0.4 is 10.6 Å². The molecule has 2 rings (SSSR count). The largest absolute Gasteiger partial charge is 0.475 e. The lowest BCUT2D eigenvalue weighted by Crippen LogP contribution is -2.57. The number of aromatic nitrogens is 2. The number of amides is 2. The van der Waals surface area contributed by atoms with E-state index < -0.39 is 37.0 Å². The van der Waals surface area contributed by atoms with Crippen molar-refractivity contribution in [2.24, 2.45) is 5.92 Å². The maximum absolute atomic E-state index is 12.5. The minimum absolute atomic E-state index is 0.0194. The summed E-state index contributed by atoms with van der Waals surface area (Å²) in [6.07, 6.45) is 1.83. The number of benzene rings is 1. The van der Waals surface area contributed by atoms with E-state index in [0.29, 0.717) is 12.1 Å². The van der Waals surface area contributed by atoms with Gasteiger partial charge in [-0.25, -0.2) is 4.98 Å². The smallest absolute Gasteiger partial charge is 0.426 e. The summed E-state index contributed by atoms with van der Waals surface area (Å²) in [6, 6.07) is 8.02. The Bertz CT molecular complexity index is 831. The Morgan fingerprint density at radius 3 is 2.20 bits per heavy atom. The molecule has 1 aromatic carbocycles. The van der Waals surface area contributed by atoms with Gasteiger partial charge in [-0.15, -0.1) is 0 Å². The van der Waals surface area contributed by atoms with Gasteiger partial charge in [0.2, 0.25) is 5.91 Å². The van der Waals surface area contributed by atoms with Crippen molar-refractivity contribution < 1.29 is 24.7 Å². The molecule has 3 unspecified atom stereocenters. The predicted molar refractivity (Wildman–Crippen MR) is 112 cm³/mol. The van der Waals surface area contributed by atoms with Gasteiger partial charge in [-0.05, 0) is 19.3 Å². The summed E-state index contributed by atoms with van der Waals surface area (Å²) < 4.78 is 0. The average Bonchev–Trinajstić information content (AvgIpc) is 2.71. The van der Waals surface area contributed by atoms with Crippen LogP contribution in [0.5, 0.6) is 0 Å². The summed E-state index contributed by atoms with van der Waals surface area (Å²) in [6.45, 7) is 5.09. The molecule has 160 valence electrons. The van der Waals surface area contributed by atoms with Crippen LogP contribution in [-0.2, 0) is 4.79 Å². The lowest BCUT2D eigenvalue weighted by molar-refractivity contribution is -0.125. The topological polar surface area (TPSA) is 145 Å². The van der Waals surface area contributed by atoms with Crippen LogP contribution in [0.3, 0.4) is 0 Å². The molecule has 30 heavy (non-hydrogen) atoms. The maximum Gasteiger partial charge on any atom is 0.475 e. The van der Waals surface area contributed by atoms with Gasteiger partial charge in [-0.3, -0.25) is 14.6 Å². The van der Waals surface area contributed by atoms with Gasteiger partial charge in [-0.1, -0.05) is 44.2 Å². The van der Waals surface area contributed by atoms with E-state index in [4.69, 9.17) is 0 Å². The molecule has 0 aliphatic carbocycles. The molecule has 0 aliphatic rings. The Labute approximate surface area is 175 Å². The van der Waals surface area contributed by atoms with Gasteiger partial charge in [0.25, 0.3) is 5.91 Å². The number of hydrogen-bond donors (Lipinski definition) is 5. The quantitative estimate of drug-likeness (QED) is 0.368. The molecular formula is C20H27BN4O5. The molecule has 0 aliphatic heterocycles. The molecule has 2 aromatic rings. The highest BCUT2D eigenvalue weighted by Gasteiger charge is 2.32. The summed E-state index contributed by atoms with van der Waals surface area (Å²) in [5.74, 6) is -2.25. The lowest BCUT2D eigenvalue weighted by Gasteiger charge is -2.25. The van der Waals surface area contributed by atoms with Gasteiger partial charge in [-0.2, -0.15) is 0 Å². The van der Waals surface area contributed by atoms with Gasteiger partial charge in [0, 0.05) is 5.56 Å². The minimum atomic E-state index is -1.77. The van der Waals surface area contributed by atoms with Crippen molar-refractivity contribution in [2.75, 3.05) is 0 Å². The van der Waals surface area contributed by atoms with Crippen molar-refractivity contribution in [3.63, 3.8) is 0 Å². The number of carbonyl (C=O) groups excluding carboxylic acids is 2. The summed E-state index contributed by atoms with van der Waals surface area (Å²) in [4.78, 5) is 33.4. The fraction of sp³-hybridized carbons (Fsp3) is 0.400. The number of aliphatic hydroxyl groups is 1. The monoisotopic (exact) mass is 414 g/mol. The van der Waals surface area contributed by atoms with Gasteiger partial charge < -0.3 is 25.8 Å². The Morgan fingerprint density at radius 2 is 1.70 bits per heavy atom. The lowest BCUT2D eigenvalue weighted by atomic mass is 9.75. The maximum atomic E-state index is 12.5. The zero-order chi connectivity index (χ0) is 22.3. The van der Waals surface area contributed by atoms with Gasteiger partial charge >= 0.3 is 7.12 Å². The number of nitrogens with one attached hydrogen (secondary N) is 2. The van der Waals surface area contributed by atoms with Crippen LogP contribution in [0.4, 0.5) is 0 Å². The number of hydrogen-bond acceptors (Lipinski definition) is 7. The number of nitrogens with zero attached hydrogens (tertiary/aromatic N) is 2. The molecule has 0 radical (unpaired) electrons. The molecule has 0 saturated heterocycles. The third kappa shape index (κ3) is 6.62. The van der Waals surface area contributed by atoms with E-state index in [1.165, 1.54) is 19.3 Å². The summed E-state index contributed by atoms with van der Waals surface area (Å²) in [7, 11) is -1.77. The average molecular weight is 414 g/mol. The van der Waals surface area contributed by atoms with Crippen LogP contribution in [0.25, 0.3) is 11.3 Å². The SMILES string of the molecule is CC(C)CC(NC(=O)C(NC(=O)c1cnc(-c2ccccc2)cn1)C(C)O)B(O)O. The van der Waals surface area contributed by atoms with E-state index in [-0.39, 0.29) is 11.6 Å². The van der Waals surface area contributed by atoms with Crippen molar-refractivity contribution in [3.8, 4) is 11.3 Å². The van der Waals surface area contributed by atoms with E-state index >= 15 is 0 Å². The first-order valence-corrected chi connectivity index (χ1v) is 9.72. The molecule has 0 bridgehead atoms. The second-order valence-electron chi connectivity index (χ2n) is 7.50. The first-order valence-electron chi connectivity index (χ1n) is 9.72. The van der Waals surface area contributed by atoms with Gasteiger partial charge in [0.05, 0.1) is 30.1 Å². The van der Waals surface area contributed by atoms with Crippen LogP contribution in [0.2, 0.25) is 0 Å². The van der Waals surface area contributed by atoms with Crippen LogP contribution in [0.1, 0.15) is 37.7 Å². The Hall–Kier alpha value is -2.82. The van der Waals surface area contributed by atoms with E-state index in [1.807, 2.05) is 44.2 Å². The number of rotatable bonds is 9. The van der Waals surface area contributed by atoms with E-state index in [2.05, 4.69) is 20.6 Å². The second-order valence-corrected chi connectivity index (χ2v) is 7.50. The molecule has 3 atom stereocenters. The molecular weight excluding hydrogens is 387 g/mol. The van der Waals surface area contributed by atoms with Crippen molar-refractivity contribution in [1.29, 1.82) is 0 Å². The molecule has 10 heteroatoms. The highest BCUT2D eigenvalue weighted by atomic mass is 16.4. The Balaban J connectivity index is 2.08. The van der Waals surface area contributed by atoms with Crippen LogP contribution in [0, 0.1) is 5.92 Å². The molecule has 1 aromatic heterocycles. The number of carbonyl (C=O) groups is 2. The molecule has 5 N–H and O–H groups in total. The fourth-order valence-electron chi connectivity index (χ4n) is 2.86. The minimum Gasteiger partial charge on any atom is -0.426 e. The summed E-state index contributed by atoms with van der Waals surface area (Å²) >= 11 is 0. The number of aliphatic hydroxyl groups excluding tert-OH is 1. The van der Waals surface area contributed by atoms with E-state index in [1.54, 1.807) is 0 Å². The van der Waals surface area contributed by atoms with Crippen LogP contribution in [0.15, 0.2) is 42.7 Å². The molecule has 9 nitrogen and oxygen atoms in total. The van der Waals surface area contributed by atoms with E-state index in [0.717, 1.165) is 5.56 Å². The van der Waals surface area contributed by atoms with Crippen LogP contribution in [-0.4, -0.2) is 62.1 Å². The Kier molecular flexibility index (Phi) is 8.46. The fourth-order valence-corrected chi connectivity index (χ4v) is 2.86. The van der Waals surface area contributed by atoms with Gasteiger partial charge in [0.1, 0.15) is 11.7 Å². The molecule has 2 amide bonds. The van der Waals surface area contributed by atoms with Crippen molar-refractivity contribution in [1.82, 2.24) is 20.6 Å². The van der Waals surface area contributed by atoms with Crippen molar-refractivity contribution >= 4 is 18.9 Å². The Morgan fingerprint density at radius 1 is 1.03 bits per heavy atom. The normalized spacial score (nSPS) is 14.0. The molecule has 1 heterocycles. The third-order valence-electron chi connectivity index (χ3n) is 4.42. The second kappa shape index (κ2) is 10.8. The highest BCUT2D eigenvalue weighted by molar-refractivity contribution is 6.43. The standard InChI is InChI=1S/C20H27BN4O5/c1-12(2)9-17(21(29)30)24-20(28)18(13(3)26)25-19(27)16-11-22-15(10-23-16)14-7-5-4-6-8-14/h4-8,10-13,17-18,26,29-30H,9H2,1-3H3,(H,24,28)(H,25,27). The van der Waals surface area contributed by atoms with E-state index in [9.17, 15) is 24.7 Å². The van der Waals surface area contributed by atoms with Crippen molar-refractivity contribution in [2.45, 2.75) is 45.3 Å². The van der Waals surface area contributed by atoms with Crippen molar-refractivity contribution in [3.05, 3.63) is 48.4 Å². The molecule has 0 saturated carbocycles. The summed E-state index contributed by atoms with van der Waals surface area (Å²) in [5, 5.41) is 33.8. The molecule has 0 fully saturated rings. The highest BCUT2D eigenvalue weighted by Crippen LogP contribution is 2.14. The molecule has 0 spiro atoms. The first-order chi connectivity index (χ1) is 14.2. The van der Waals surface area contributed by atoms with Gasteiger partial charge in [0.15, 0.2) is 0 Å². The zero-order valence-electron chi connectivity index (χ0n) is 17.2. The summed E-state index contributed by atoms with van der Waals surface area (Å²) in [5.41, 5.74) is 1.41.